The van der Waals surface area contributed by atoms with Crippen molar-refractivity contribution < 1.29 is 10.0 Å². The summed E-state index contributed by atoms with van der Waals surface area (Å²) in [7, 11) is 0. The smallest absolute Gasteiger partial charge is 0.311 e. The van der Waals surface area contributed by atoms with Crippen molar-refractivity contribution >= 4 is 11.9 Å². The first-order valence-corrected chi connectivity index (χ1v) is 6.91. The molecule has 2 heterocycles. The van der Waals surface area contributed by atoms with Crippen molar-refractivity contribution in [3.05, 3.63) is 57.7 Å². The number of aromatic nitrogens is 5. The van der Waals surface area contributed by atoms with Gasteiger partial charge < -0.3 is 5.11 Å². The Bertz CT molecular complexity index is 942. The molecule has 0 saturated carbocycles. The number of nitro groups is 1. The Balaban J connectivity index is 1.94. The molecule has 0 bridgehead atoms. The molecular weight excluding hydrogens is 314 g/mol. The first-order valence-electron chi connectivity index (χ1n) is 6.91. The van der Waals surface area contributed by atoms with E-state index in [0.29, 0.717) is 11.5 Å². The van der Waals surface area contributed by atoms with Crippen LogP contribution in [0.3, 0.4) is 0 Å². The first kappa shape index (κ1) is 15.3. The third-order valence-corrected chi connectivity index (χ3v) is 3.24. The van der Waals surface area contributed by atoms with E-state index in [0.717, 1.165) is 11.4 Å². The van der Waals surface area contributed by atoms with Gasteiger partial charge in [0.15, 0.2) is 5.75 Å². The molecular formula is C14H13N7O3. The Morgan fingerprint density at radius 2 is 2.12 bits per heavy atom. The predicted molar refractivity (Wildman–Crippen MR) is 84.4 cm³/mol. The number of hydrogen-bond acceptors (Lipinski definition) is 7. The van der Waals surface area contributed by atoms with Gasteiger partial charge >= 0.3 is 5.69 Å². The summed E-state index contributed by atoms with van der Waals surface area (Å²) in [6, 6.07) is 5.88. The minimum absolute atomic E-state index is 0.388. The second-order valence-electron chi connectivity index (χ2n) is 5.06. The molecule has 0 saturated heterocycles. The highest BCUT2D eigenvalue weighted by molar-refractivity contribution is 5.81. The lowest BCUT2D eigenvalue weighted by Crippen LogP contribution is -2.06. The Morgan fingerprint density at radius 1 is 1.33 bits per heavy atom. The third-order valence-electron chi connectivity index (χ3n) is 3.24. The van der Waals surface area contributed by atoms with Gasteiger partial charge in [-0.3, -0.25) is 10.1 Å². The molecule has 0 spiro atoms. The molecule has 0 unspecified atom stereocenters. The van der Waals surface area contributed by atoms with Crippen molar-refractivity contribution in [3.63, 3.8) is 0 Å². The number of nitrogens with zero attached hydrogens (tertiary/aromatic N) is 7. The van der Waals surface area contributed by atoms with Crippen molar-refractivity contribution in [2.45, 2.75) is 13.8 Å². The summed E-state index contributed by atoms with van der Waals surface area (Å²) in [6.45, 7) is 3.75. The molecule has 3 rings (SSSR count). The zero-order valence-corrected chi connectivity index (χ0v) is 12.9. The number of aromatic hydroxyl groups is 1. The van der Waals surface area contributed by atoms with E-state index in [4.69, 9.17) is 0 Å². The van der Waals surface area contributed by atoms with Crippen LogP contribution < -0.4 is 0 Å². The summed E-state index contributed by atoms with van der Waals surface area (Å²) in [4.78, 5) is 10.2. The minimum Gasteiger partial charge on any atom is -0.502 e. The number of phenolic OH excluding ortho intramolecular Hbond substituents is 1. The second-order valence-corrected chi connectivity index (χ2v) is 5.06. The zero-order chi connectivity index (χ0) is 17.3. The van der Waals surface area contributed by atoms with Gasteiger partial charge in [-0.1, -0.05) is 0 Å². The number of aryl methyl sites for hydroxylation is 2. The van der Waals surface area contributed by atoms with Crippen LogP contribution in [0, 0.1) is 24.0 Å². The molecule has 122 valence electrons. The van der Waals surface area contributed by atoms with E-state index in [1.165, 1.54) is 35.4 Å². The quantitative estimate of drug-likeness (QED) is 0.440. The third kappa shape index (κ3) is 2.84. The lowest BCUT2D eigenvalue weighted by atomic mass is 10.2. The van der Waals surface area contributed by atoms with Crippen molar-refractivity contribution in [3.8, 4) is 11.7 Å². The van der Waals surface area contributed by atoms with Crippen LogP contribution in [0.25, 0.3) is 5.95 Å². The van der Waals surface area contributed by atoms with Crippen molar-refractivity contribution in [2.75, 3.05) is 0 Å². The van der Waals surface area contributed by atoms with Crippen LogP contribution in [0.15, 0.2) is 35.7 Å². The topological polar surface area (TPSA) is 124 Å². The van der Waals surface area contributed by atoms with E-state index in [1.54, 1.807) is 4.68 Å². The fraction of sp³-hybridized carbons (Fsp3) is 0.143. The highest BCUT2D eigenvalue weighted by Crippen LogP contribution is 2.25. The second kappa shape index (κ2) is 5.91. The van der Waals surface area contributed by atoms with E-state index in [9.17, 15) is 15.2 Å². The molecule has 10 nitrogen and oxygen atoms in total. The van der Waals surface area contributed by atoms with Crippen LogP contribution in [-0.2, 0) is 0 Å². The highest BCUT2D eigenvalue weighted by atomic mass is 16.6. The molecule has 0 aliphatic heterocycles. The van der Waals surface area contributed by atoms with Crippen molar-refractivity contribution in [1.29, 1.82) is 0 Å². The number of hydrogen-bond donors (Lipinski definition) is 1. The molecule has 0 atom stereocenters. The first-order chi connectivity index (χ1) is 11.5. The summed E-state index contributed by atoms with van der Waals surface area (Å²) in [5.74, 6) is -0.00472. The summed E-state index contributed by atoms with van der Waals surface area (Å²) in [6.07, 6.45) is 2.81. The molecule has 10 heteroatoms. The predicted octanol–water partition coefficient (Wildman–Crippen LogP) is 1.58. The molecule has 3 aromatic rings. The Labute approximate surface area is 135 Å². The van der Waals surface area contributed by atoms with E-state index in [-0.39, 0.29) is 5.69 Å². The summed E-state index contributed by atoms with van der Waals surface area (Å²) >= 11 is 0. The van der Waals surface area contributed by atoms with Gasteiger partial charge in [-0.15, -0.1) is 10.2 Å². The molecule has 0 amide bonds. The Morgan fingerprint density at radius 3 is 2.79 bits per heavy atom. The molecule has 1 aromatic carbocycles. The molecule has 0 radical (unpaired) electrons. The fourth-order valence-corrected chi connectivity index (χ4v) is 2.17. The standard InChI is InChI=1S/C14H13N7O3/c1-9-5-10(2)20(18-9)14-17-15-8-19(14)16-7-11-3-4-13(22)12(6-11)21(23)24/h3-8,22H,1-2H3/b16-7-. The van der Waals surface area contributed by atoms with Crippen LogP contribution >= 0.6 is 0 Å². The SMILES string of the molecule is Cc1cc(C)n(-c2nncn2/N=C\c2ccc(O)c([N+](=O)[O-])c2)n1. The van der Waals surface area contributed by atoms with Gasteiger partial charge in [0.1, 0.15) is 6.33 Å². The average molecular weight is 327 g/mol. The van der Waals surface area contributed by atoms with Crippen LogP contribution in [0.5, 0.6) is 5.75 Å². The minimum atomic E-state index is -0.660. The van der Waals surface area contributed by atoms with Crippen LogP contribution in [0.2, 0.25) is 0 Å². The number of nitro benzene ring substituents is 1. The summed E-state index contributed by atoms with van der Waals surface area (Å²) < 4.78 is 3.00. The largest absolute Gasteiger partial charge is 0.502 e. The molecule has 0 fully saturated rings. The lowest BCUT2D eigenvalue weighted by molar-refractivity contribution is -0.385. The zero-order valence-electron chi connectivity index (χ0n) is 12.9. The average Bonchev–Trinajstić information content (AvgIpc) is 3.11. The lowest BCUT2D eigenvalue weighted by Gasteiger charge is -2.02. The van der Waals surface area contributed by atoms with Gasteiger partial charge in [0.2, 0.25) is 0 Å². The maximum atomic E-state index is 10.9. The highest BCUT2D eigenvalue weighted by Gasteiger charge is 2.13. The van der Waals surface area contributed by atoms with Crippen molar-refractivity contribution in [2.24, 2.45) is 5.10 Å². The molecule has 0 aliphatic rings. The van der Waals surface area contributed by atoms with Gasteiger partial charge in [-0.25, -0.2) is 4.68 Å². The van der Waals surface area contributed by atoms with E-state index in [2.05, 4.69) is 20.4 Å². The molecule has 0 aliphatic carbocycles. The van der Waals surface area contributed by atoms with Crippen LogP contribution in [0.4, 0.5) is 5.69 Å². The van der Waals surface area contributed by atoms with Crippen LogP contribution in [0.1, 0.15) is 17.0 Å². The normalized spacial score (nSPS) is 11.2. The van der Waals surface area contributed by atoms with Gasteiger partial charge in [-0.05, 0) is 32.0 Å². The summed E-state index contributed by atoms with van der Waals surface area (Å²) in [5, 5.41) is 36.6. The maximum absolute atomic E-state index is 10.9. The Hall–Kier alpha value is -3.56. The number of phenols is 1. The summed E-state index contributed by atoms with van der Waals surface area (Å²) in [5.41, 5.74) is 1.77. The fourth-order valence-electron chi connectivity index (χ4n) is 2.17. The van der Waals surface area contributed by atoms with Crippen molar-refractivity contribution in [1.82, 2.24) is 24.7 Å². The van der Waals surface area contributed by atoms with E-state index >= 15 is 0 Å². The van der Waals surface area contributed by atoms with Crippen LogP contribution in [-0.4, -0.2) is 40.9 Å². The van der Waals surface area contributed by atoms with Gasteiger partial charge in [0, 0.05) is 17.3 Å². The molecule has 1 N–H and O–H groups in total. The molecule has 24 heavy (non-hydrogen) atoms. The van der Waals surface area contributed by atoms with Gasteiger partial charge in [-0.2, -0.15) is 14.9 Å². The molecule has 2 aromatic heterocycles. The van der Waals surface area contributed by atoms with Gasteiger partial charge in [0.25, 0.3) is 5.95 Å². The monoisotopic (exact) mass is 327 g/mol. The van der Waals surface area contributed by atoms with Gasteiger partial charge in [0.05, 0.1) is 16.8 Å². The van der Waals surface area contributed by atoms with E-state index in [1.807, 2.05) is 19.9 Å². The number of benzene rings is 1. The Kier molecular flexibility index (Phi) is 3.78. The van der Waals surface area contributed by atoms with E-state index < -0.39 is 10.7 Å². The number of rotatable bonds is 4. The maximum Gasteiger partial charge on any atom is 0.311 e.